The van der Waals surface area contributed by atoms with Crippen molar-refractivity contribution in [3.05, 3.63) is 56.6 Å². The monoisotopic (exact) mass is 323 g/mol. The Bertz CT molecular complexity index is 789. The number of halogens is 1. The number of imidazole rings is 1. The molecule has 0 amide bonds. The summed E-state index contributed by atoms with van der Waals surface area (Å²) in [4.78, 5) is 13.2. The van der Waals surface area contributed by atoms with Crippen LogP contribution in [0.5, 0.6) is 0 Å². The van der Waals surface area contributed by atoms with Crippen LogP contribution in [-0.4, -0.2) is 9.13 Å². The summed E-state index contributed by atoms with van der Waals surface area (Å²) in [7, 11) is 3.62. The molecule has 1 aromatic carbocycles. The third kappa shape index (κ3) is 3.05. The van der Waals surface area contributed by atoms with E-state index in [0.29, 0.717) is 0 Å². The average Bonchev–Trinajstić information content (AvgIpc) is 3.04. The van der Waals surface area contributed by atoms with Crippen LogP contribution < -0.4 is 11.0 Å². The van der Waals surface area contributed by atoms with Gasteiger partial charge in [-0.2, -0.15) is 0 Å². The van der Waals surface area contributed by atoms with Crippen LogP contribution in [0.25, 0.3) is 11.0 Å². The van der Waals surface area contributed by atoms with Gasteiger partial charge in [-0.15, -0.1) is 23.7 Å². The molecule has 0 aliphatic heterocycles. The van der Waals surface area contributed by atoms with Gasteiger partial charge in [-0.25, -0.2) is 4.79 Å². The molecule has 2 aromatic heterocycles. The van der Waals surface area contributed by atoms with Crippen LogP contribution in [0.3, 0.4) is 0 Å². The summed E-state index contributed by atoms with van der Waals surface area (Å²) in [6, 6.07) is 10.4. The van der Waals surface area contributed by atoms with E-state index < -0.39 is 0 Å². The van der Waals surface area contributed by atoms with E-state index in [-0.39, 0.29) is 18.1 Å². The Morgan fingerprint density at radius 3 is 2.57 bits per heavy atom. The highest BCUT2D eigenvalue weighted by Crippen LogP contribution is 2.14. The Kier molecular flexibility index (Phi) is 4.88. The van der Waals surface area contributed by atoms with Gasteiger partial charge in [0.05, 0.1) is 11.0 Å². The lowest BCUT2D eigenvalue weighted by atomic mass is 10.2. The molecule has 6 heteroatoms. The molecule has 0 aliphatic carbocycles. The van der Waals surface area contributed by atoms with Gasteiger partial charge in [0.25, 0.3) is 0 Å². The Balaban J connectivity index is 0.00000161. The van der Waals surface area contributed by atoms with E-state index in [2.05, 4.69) is 35.0 Å². The lowest BCUT2D eigenvalue weighted by molar-refractivity contribution is 0.701. The smallest absolute Gasteiger partial charge is 0.308 e. The first-order chi connectivity index (χ1) is 9.66. The summed E-state index contributed by atoms with van der Waals surface area (Å²) < 4.78 is 3.37. The number of benzene rings is 1. The van der Waals surface area contributed by atoms with Gasteiger partial charge in [0.2, 0.25) is 0 Å². The molecule has 4 nitrogen and oxygen atoms in total. The quantitative estimate of drug-likeness (QED) is 0.801. The van der Waals surface area contributed by atoms with Crippen molar-refractivity contribution >= 4 is 34.8 Å². The molecule has 0 radical (unpaired) electrons. The minimum Gasteiger partial charge on any atom is -0.308 e. The fourth-order valence-electron chi connectivity index (χ4n) is 2.41. The number of fused-ring (bicyclic) bond motifs is 1. The minimum absolute atomic E-state index is 0. The van der Waals surface area contributed by atoms with Crippen molar-refractivity contribution in [3.63, 3.8) is 0 Å². The highest BCUT2D eigenvalue weighted by molar-refractivity contribution is 7.09. The number of nitrogens with zero attached hydrogens (tertiary/aromatic N) is 2. The minimum atomic E-state index is 0. The van der Waals surface area contributed by atoms with E-state index in [1.807, 2.05) is 13.1 Å². The Morgan fingerprint density at radius 2 is 1.86 bits per heavy atom. The highest BCUT2D eigenvalue weighted by atomic mass is 35.5. The molecule has 0 fully saturated rings. The van der Waals surface area contributed by atoms with E-state index >= 15 is 0 Å². The molecule has 3 rings (SSSR count). The first-order valence-corrected chi connectivity index (χ1v) is 7.42. The van der Waals surface area contributed by atoms with Crippen LogP contribution >= 0.6 is 23.7 Å². The van der Waals surface area contributed by atoms with Crippen molar-refractivity contribution in [1.29, 1.82) is 0 Å². The Hall–Kier alpha value is -1.56. The van der Waals surface area contributed by atoms with Gasteiger partial charge < -0.3 is 5.32 Å². The number of rotatable bonds is 4. The maximum atomic E-state index is 11.9. The predicted octanol–water partition coefficient (Wildman–Crippen LogP) is 2.65. The summed E-state index contributed by atoms with van der Waals surface area (Å²) in [6.45, 7) is 1.68. The molecule has 0 saturated heterocycles. The number of hydrogen-bond donors (Lipinski definition) is 1. The van der Waals surface area contributed by atoms with E-state index in [0.717, 1.165) is 24.1 Å². The molecule has 0 aliphatic rings. The van der Waals surface area contributed by atoms with Crippen molar-refractivity contribution in [2.24, 2.45) is 14.1 Å². The topological polar surface area (TPSA) is 39.0 Å². The average molecular weight is 324 g/mol. The molecule has 3 aromatic rings. The summed E-state index contributed by atoms with van der Waals surface area (Å²) in [5, 5.41) is 5.51. The molecule has 112 valence electrons. The first-order valence-electron chi connectivity index (χ1n) is 6.54. The van der Waals surface area contributed by atoms with Crippen LogP contribution in [-0.2, 0) is 27.2 Å². The SMILES string of the molecule is Cl.Cn1c(=O)n(C)c2cc(CNCc3cccs3)ccc21. The molecule has 0 spiro atoms. The summed E-state index contributed by atoms with van der Waals surface area (Å²) >= 11 is 1.76. The summed E-state index contributed by atoms with van der Waals surface area (Å²) in [6.07, 6.45) is 0. The third-order valence-corrected chi connectivity index (χ3v) is 4.42. The van der Waals surface area contributed by atoms with E-state index in [9.17, 15) is 4.79 Å². The molecular weight excluding hydrogens is 306 g/mol. The summed E-state index contributed by atoms with van der Waals surface area (Å²) in [5.74, 6) is 0. The zero-order valence-corrected chi connectivity index (χ0v) is 13.6. The zero-order valence-electron chi connectivity index (χ0n) is 12.0. The standard InChI is InChI=1S/C15H17N3OS.ClH/c1-17-13-6-5-11(8-14(13)18(2)15(17)19)9-16-10-12-4-3-7-20-12;/h3-8,16H,9-10H2,1-2H3;1H. The first kappa shape index (κ1) is 15.8. The molecule has 0 bridgehead atoms. The third-order valence-electron chi connectivity index (χ3n) is 3.54. The van der Waals surface area contributed by atoms with Gasteiger partial charge in [0.1, 0.15) is 0 Å². The molecule has 2 heterocycles. The van der Waals surface area contributed by atoms with Crippen LogP contribution in [0.15, 0.2) is 40.5 Å². The van der Waals surface area contributed by atoms with E-state index in [1.165, 1.54) is 10.4 Å². The number of thiophene rings is 1. The van der Waals surface area contributed by atoms with Crippen molar-refractivity contribution in [2.75, 3.05) is 0 Å². The van der Waals surface area contributed by atoms with Crippen LogP contribution in [0.1, 0.15) is 10.4 Å². The van der Waals surface area contributed by atoms with Gasteiger partial charge in [-0.1, -0.05) is 12.1 Å². The molecule has 0 unspecified atom stereocenters. The fourth-order valence-corrected chi connectivity index (χ4v) is 3.08. The Labute approximate surface area is 133 Å². The number of hydrogen-bond acceptors (Lipinski definition) is 3. The van der Waals surface area contributed by atoms with Crippen molar-refractivity contribution < 1.29 is 0 Å². The number of nitrogens with one attached hydrogen (secondary N) is 1. The van der Waals surface area contributed by atoms with Crippen LogP contribution in [0.2, 0.25) is 0 Å². The molecular formula is C15H18ClN3OS. The second-order valence-corrected chi connectivity index (χ2v) is 5.94. The van der Waals surface area contributed by atoms with Crippen LogP contribution in [0.4, 0.5) is 0 Å². The van der Waals surface area contributed by atoms with Gasteiger partial charge >= 0.3 is 5.69 Å². The van der Waals surface area contributed by atoms with Gasteiger partial charge in [0.15, 0.2) is 0 Å². The molecule has 1 N–H and O–H groups in total. The maximum Gasteiger partial charge on any atom is 0.328 e. The Morgan fingerprint density at radius 1 is 1.10 bits per heavy atom. The van der Waals surface area contributed by atoms with Gasteiger partial charge in [-0.3, -0.25) is 9.13 Å². The highest BCUT2D eigenvalue weighted by Gasteiger charge is 2.07. The van der Waals surface area contributed by atoms with Crippen molar-refractivity contribution in [1.82, 2.24) is 14.5 Å². The molecule has 0 saturated carbocycles. The van der Waals surface area contributed by atoms with Crippen LogP contribution in [0, 0.1) is 0 Å². The summed E-state index contributed by atoms with van der Waals surface area (Å²) in [5.41, 5.74) is 3.16. The number of aromatic nitrogens is 2. The lowest BCUT2D eigenvalue weighted by Gasteiger charge is -2.04. The largest absolute Gasteiger partial charge is 0.328 e. The van der Waals surface area contributed by atoms with Crippen molar-refractivity contribution in [3.8, 4) is 0 Å². The molecule has 21 heavy (non-hydrogen) atoms. The van der Waals surface area contributed by atoms with Crippen molar-refractivity contribution in [2.45, 2.75) is 13.1 Å². The predicted molar refractivity (Wildman–Crippen MR) is 90.3 cm³/mol. The fraction of sp³-hybridized carbons (Fsp3) is 0.267. The lowest BCUT2D eigenvalue weighted by Crippen LogP contribution is -2.19. The zero-order chi connectivity index (χ0) is 14.1. The second kappa shape index (κ2) is 6.47. The normalized spacial score (nSPS) is 10.8. The van der Waals surface area contributed by atoms with Gasteiger partial charge in [-0.05, 0) is 29.1 Å². The maximum absolute atomic E-state index is 11.9. The second-order valence-electron chi connectivity index (χ2n) is 4.91. The number of aryl methyl sites for hydroxylation is 2. The van der Waals surface area contributed by atoms with E-state index in [1.54, 1.807) is 27.5 Å². The molecule has 0 atom stereocenters. The van der Waals surface area contributed by atoms with E-state index in [4.69, 9.17) is 0 Å². The van der Waals surface area contributed by atoms with Gasteiger partial charge in [0, 0.05) is 32.1 Å².